The molecule has 1 atom stereocenters. The second kappa shape index (κ2) is 13.0. The zero-order valence-corrected chi connectivity index (χ0v) is 17.0. The van der Waals surface area contributed by atoms with E-state index in [1.165, 1.54) is 17.1 Å². The minimum absolute atomic E-state index is 0.655. The SMILES string of the molecule is CCNC(=NCCCOCCOC)N1CCC(CSc2ccccc2)C1. The van der Waals surface area contributed by atoms with Gasteiger partial charge in [-0.2, -0.15) is 0 Å². The first-order chi connectivity index (χ1) is 12.8. The van der Waals surface area contributed by atoms with E-state index < -0.39 is 0 Å². The molecule has 0 bridgehead atoms. The molecule has 1 aliphatic heterocycles. The standard InChI is InChI=1S/C20H33N3O2S/c1-3-21-20(22-11-7-13-25-15-14-24-2)23-12-10-18(16-23)17-26-19-8-5-4-6-9-19/h4-6,8-9,18H,3,7,10-17H2,1-2H3,(H,21,22). The highest BCUT2D eigenvalue weighted by atomic mass is 32.2. The molecule has 1 heterocycles. The third-order valence-corrected chi connectivity index (χ3v) is 5.53. The zero-order valence-electron chi connectivity index (χ0n) is 16.2. The Hall–Kier alpha value is -1.24. The molecule has 1 N–H and O–H groups in total. The van der Waals surface area contributed by atoms with E-state index in [4.69, 9.17) is 14.5 Å². The van der Waals surface area contributed by atoms with Crippen LogP contribution in [0.4, 0.5) is 0 Å². The summed E-state index contributed by atoms with van der Waals surface area (Å²) in [5.74, 6) is 2.95. The summed E-state index contributed by atoms with van der Waals surface area (Å²) in [4.78, 5) is 8.55. The van der Waals surface area contributed by atoms with Gasteiger partial charge >= 0.3 is 0 Å². The van der Waals surface area contributed by atoms with Crippen molar-refractivity contribution in [3.8, 4) is 0 Å². The number of benzene rings is 1. The first-order valence-electron chi connectivity index (χ1n) is 9.61. The van der Waals surface area contributed by atoms with Crippen LogP contribution in [0.25, 0.3) is 0 Å². The van der Waals surface area contributed by atoms with Crippen LogP contribution in [0.5, 0.6) is 0 Å². The molecule has 26 heavy (non-hydrogen) atoms. The molecule has 6 heteroatoms. The van der Waals surface area contributed by atoms with E-state index in [0.29, 0.717) is 13.2 Å². The monoisotopic (exact) mass is 379 g/mol. The van der Waals surface area contributed by atoms with Gasteiger partial charge in [0.1, 0.15) is 0 Å². The van der Waals surface area contributed by atoms with Crippen LogP contribution in [0.1, 0.15) is 19.8 Å². The molecular weight excluding hydrogens is 346 g/mol. The Morgan fingerprint density at radius 1 is 1.27 bits per heavy atom. The lowest BCUT2D eigenvalue weighted by Crippen LogP contribution is -2.40. The zero-order chi connectivity index (χ0) is 18.5. The Morgan fingerprint density at radius 3 is 2.88 bits per heavy atom. The molecule has 0 radical (unpaired) electrons. The van der Waals surface area contributed by atoms with Gasteiger partial charge in [0.15, 0.2) is 5.96 Å². The Balaban J connectivity index is 1.70. The maximum absolute atomic E-state index is 5.50. The molecule has 0 aliphatic carbocycles. The number of aliphatic imine (C=N–C) groups is 1. The van der Waals surface area contributed by atoms with Crippen LogP contribution in [-0.2, 0) is 9.47 Å². The maximum Gasteiger partial charge on any atom is 0.193 e. The quantitative estimate of drug-likeness (QED) is 0.277. The minimum atomic E-state index is 0.655. The molecule has 1 aliphatic rings. The highest BCUT2D eigenvalue weighted by Crippen LogP contribution is 2.25. The summed E-state index contributed by atoms with van der Waals surface area (Å²) < 4.78 is 10.5. The van der Waals surface area contributed by atoms with Crippen molar-refractivity contribution in [1.29, 1.82) is 0 Å². The lowest BCUT2D eigenvalue weighted by molar-refractivity contribution is 0.0702. The molecule has 5 nitrogen and oxygen atoms in total. The van der Waals surface area contributed by atoms with E-state index in [1.54, 1.807) is 7.11 Å². The predicted molar refractivity (Wildman–Crippen MR) is 110 cm³/mol. The molecule has 2 rings (SSSR count). The van der Waals surface area contributed by atoms with Gasteiger partial charge in [0.25, 0.3) is 0 Å². The predicted octanol–water partition coefficient (Wildman–Crippen LogP) is 3.12. The minimum Gasteiger partial charge on any atom is -0.382 e. The molecule has 0 saturated carbocycles. The number of nitrogens with zero attached hydrogens (tertiary/aromatic N) is 2. The van der Waals surface area contributed by atoms with E-state index in [0.717, 1.165) is 51.1 Å². The van der Waals surface area contributed by atoms with Crippen molar-refractivity contribution in [1.82, 2.24) is 10.2 Å². The third-order valence-electron chi connectivity index (χ3n) is 4.29. The Bertz CT molecular complexity index is 513. The van der Waals surface area contributed by atoms with Crippen molar-refractivity contribution in [2.24, 2.45) is 10.9 Å². The lowest BCUT2D eigenvalue weighted by Gasteiger charge is -2.21. The Kier molecular flexibility index (Phi) is 10.5. The first-order valence-corrected chi connectivity index (χ1v) is 10.6. The summed E-state index contributed by atoms with van der Waals surface area (Å²) in [5, 5.41) is 3.44. The molecule has 1 aromatic rings. The van der Waals surface area contributed by atoms with E-state index >= 15 is 0 Å². The van der Waals surface area contributed by atoms with Gasteiger partial charge in [-0.1, -0.05) is 18.2 Å². The average molecular weight is 380 g/mol. The molecule has 1 saturated heterocycles. The molecule has 0 amide bonds. The second-order valence-electron chi connectivity index (χ2n) is 6.42. The summed E-state index contributed by atoms with van der Waals surface area (Å²) in [6, 6.07) is 10.7. The Morgan fingerprint density at radius 2 is 2.12 bits per heavy atom. The first kappa shape index (κ1) is 21.1. The molecule has 1 fully saturated rings. The smallest absolute Gasteiger partial charge is 0.193 e. The van der Waals surface area contributed by atoms with Gasteiger partial charge in [-0.05, 0) is 37.8 Å². The van der Waals surface area contributed by atoms with Crippen LogP contribution >= 0.6 is 11.8 Å². The van der Waals surface area contributed by atoms with Gasteiger partial charge in [-0.15, -0.1) is 11.8 Å². The van der Waals surface area contributed by atoms with Crippen LogP contribution in [0.15, 0.2) is 40.2 Å². The van der Waals surface area contributed by atoms with Crippen molar-refractivity contribution in [2.75, 3.05) is 58.9 Å². The average Bonchev–Trinajstić information content (AvgIpc) is 3.14. The van der Waals surface area contributed by atoms with Gasteiger partial charge in [-0.3, -0.25) is 4.99 Å². The summed E-state index contributed by atoms with van der Waals surface area (Å²) in [5.41, 5.74) is 0. The van der Waals surface area contributed by atoms with Crippen LogP contribution in [0, 0.1) is 5.92 Å². The highest BCUT2D eigenvalue weighted by molar-refractivity contribution is 7.99. The molecule has 0 aromatic heterocycles. The Labute approximate surface area is 162 Å². The van der Waals surface area contributed by atoms with Crippen LogP contribution in [-0.4, -0.2) is 69.7 Å². The van der Waals surface area contributed by atoms with Gasteiger partial charge in [0.2, 0.25) is 0 Å². The van der Waals surface area contributed by atoms with E-state index in [9.17, 15) is 0 Å². The van der Waals surface area contributed by atoms with Crippen LogP contribution < -0.4 is 5.32 Å². The fraction of sp³-hybridized carbons (Fsp3) is 0.650. The number of ether oxygens (including phenoxy) is 2. The summed E-state index contributed by atoms with van der Waals surface area (Å²) in [6.45, 7) is 8.07. The van der Waals surface area contributed by atoms with Gasteiger partial charge in [0, 0.05) is 50.5 Å². The normalized spacial score (nSPS) is 17.7. The molecule has 1 unspecified atom stereocenters. The summed E-state index contributed by atoms with van der Waals surface area (Å²) in [7, 11) is 1.69. The van der Waals surface area contributed by atoms with E-state index in [1.807, 2.05) is 11.8 Å². The molecular formula is C20H33N3O2S. The molecule has 1 aromatic carbocycles. The highest BCUT2D eigenvalue weighted by Gasteiger charge is 2.24. The number of guanidine groups is 1. The number of thioether (sulfide) groups is 1. The van der Waals surface area contributed by atoms with E-state index in [-0.39, 0.29) is 0 Å². The number of methoxy groups -OCH3 is 1. The molecule has 0 spiro atoms. The largest absolute Gasteiger partial charge is 0.382 e. The van der Waals surface area contributed by atoms with Crippen molar-refractivity contribution in [3.05, 3.63) is 30.3 Å². The third kappa shape index (κ3) is 7.98. The number of hydrogen-bond donors (Lipinski definition) is 1. The summed E-state index contributed by atoms with van der Waals surface area (Å²) in [6.07, 6.45) is 2.18. The van der Waals surface area contributed by atoms with Crippen molar-refractivity contribution >= 4 is 17.7 Å². The van der Waals surface area contributed by atoms with E-state index in [2.05, 4.69) is 47.5 Å². The van der Waals surface area contributed by atoms with Crippen LogP contribution in [0.2, 0.25) is 0 Å². The number of rotatable bonds is 11. The van der Waals surface area contributed by atoms with Gasteiger partial charge in [0.05, 0.1) is 13.2 Å². The van der Waals surface area contributed by atoms with Gasteiger partial charge < -0.3 is 19.7 Å². The van der Waals surface area contributed by atoms with Crippen LogP contribution in [0.3, 0.4) is 0 Å². The van der Waals surface area contributed by atoms with Crippen molar-refractivity contribution in [2.45, 2.75) is 24.7 Å². The molecule has 146 valence electrons. The second-order valence-corrected chi connectivity index (χ2v) is 7.51. The fourth-order valence-corrected chi connectivity index (χ4v) is 3.96. The lowest BCUT2D eigenvalue weighted by atomic mass is 10.2. The number of hydrogen-bond acceptors (Lipinski definition) is 4. The van der Waals surface area contributed by atoms with Crippen molar-refractivity contribution < 1.29 is 9.47 Å². The van der Waals surface area contributed by atoms with Gasteiger partial charge in [-0.25, -0.2) is 0 Å². The maximum atomic E-state index is 5.50. The summed E-state index contributed by atoms with van der Waals surface area (Å²) >= 11 is 1.96. The topological polar surface area (TPSA) is 46.1 Å². The fourth-order valence-electron chi connectivity index (χ4n) is 2.91. The number of nitrogens with one attached hydrogen (secondary N) is 1. The number of likely N-dealkylation sites (tertiary alicyclic amines) is 1. The van der Waals surface area contributed by atoms with Crippen molar-refractivity contribution in [3.63, 3.8) is 0 Å².